The van der Waals surface area contributed by atoms with E-state index in [9.17, 15) is 9.59 Å². The van der Waals surface area contributed by atoms with E-state index in [4.69, 9.17) is 0 Å². The molecule has 0 bridgehead atoms. The zero-order valence-electron chi connectivity index (χ0n) is 11.2. The Morgan fingerprint density at radius 1 is 1.21 bits per heavy atom. The molecule has 0 saturated carbocycles. The SMILES string of the molecule is Cc1cccnc1NC(=O)C(=O)N1CCCCCC1. The van der Waals surface area contributed by atoms with E-state index in [1.54, 1.807) is 17.2 Å². The van der Waals surface area contributed by atoms with Crippen molar-refractivity contribution in [1.29, 1.82) is 0 Å². The van der Waals surface area contributed by atoms with Crippen molar-refractivity contribution < 1.29 is 9.59 Å². The molecular formula is C14H19N3O2. The lowest BCUT2D eigenvalue weighted by molar-refractivity contribution is -0.143. The number of pyridine rings is 1. The summed E-state index contributed by atoms with van der Waals surface area (Å²) in [4.78, 5) is 29.7. The van der Waals surface area contributed by atoms with E-state index < -0.39 is 11.8 Å². The van der Waals surface area contributed by atoms with Gasteiger partial charge in [-0.15, -0.1) is 0 Å². The summed E-state index contributed by atoms with van der Waals surface area (Å²) in [6.07, 6.45) is 5.80. The zero-order valence-corrected chi connectivity index (χ0v) is 11.2. The van der Waals surface area contributed by atoms with Gasteiger partial charge >= 0.3 is 11.8 Å². The van der Waals surface area contributed by atoms with Gasteiger partial charge in [0.05, 0.1) is 0 Å². The first-order valence-corrected chi connectivity index (χ1v) is 6.70. The van der Waals surface area contributed by atoms with Gasteiger partial charge in [-0.05, 0) is 31.4 Å². The Hall–Kier alpha value is -1.91. The highest BCUT2D eigenvalue weighted by molar-refractivity contribution is 6.39. The third-order valence-corrected chi connectivity index (χ3v) is 3.33. The standard InChI is InChI=1S/C14H19N3O2/c1-11-7-6-8-15-12(11)16-13(18)14(19)17-9-4-2-3-5-10-17/h6-8H,2-5,9-10H2,1H3,(H,15,16,18). The molecule has 102 valence electrons. The molecule has 0 radical (unpaired) electrons. The molecule has 1 aliphatic heterocycles. The minimum Gasteiger partial charge on any atom is -0.334 e. The van der Waals surface area contributed by atoms with Crippen LogP contribution in [0.4, 0.5) is 5.82 Å². The minimum absolute atomic E-state index is 0.452. The predicted molar refractivity (Wildman–Crippen MR) is 72.7 cm³/mol. The Morgan fingerprint density at radius 2 is 1.89 bits per heavy atom. The van der Waals surface area contributed by atoms with Crippen molar-refractivity contribution in [2.24, 2.45) is 0 Å². The lowest BCUT2D eigenvalue weighted by atomic mass is 10.2. The highest BCUT2D eigenvalue weighted by Crippen LogP contribution is 2.12. The maximum Gasteiger partial charge on any atom is 0.315 e. The number of amides is 2. The second kappa shape index (κ2) is 6.31. The van der Waals surface area contributed by atoms with Gasteiger partial charge < -0.3 is 10.2 Å². The minimum atomic E-state index is -0.594. The Kier molecular flexibility index (Phi) is 4.49. The first-order valence-electron chi connectivity index (χ1n) is 6.70. The van der Waals surface area contributed by atoms with Gasteiger partial charge in [-0.2, -0.15) is 0 Å². The first kappa shape index (κ1) is 13.5. The molecule has 0 unspecified atom stereocenters. The van der Waals surface area contributed by atoms with Crippen molar-refractivity contribution in [3.63, 3.8) is 0 Å². The lowest BCUT2D eigenvalue weighted by Crippen LogP contribution is -2.40. The van der Waals surface area contributed by atoms with Crippen LogP contribution in [0.2, 0.25) is 0 Å². The van der Waals surface area contributed by atoms with Gasteiger partial charge in [-0.1, -0.05) is 18.9 Å². The fraction of sp³-hybridized carbons (Fsp3) is 0.500. The number of nitrogens with one attached hydrogen (secondary N) is 1. The Labute approximate surface area is 113 Å². The maximum atomic E-state index is 12.1. The van der Waals surface area contributed by atoms with Crippen molar-refractivity contribution in [3.05, 3.63) is 23.9 Å². The van der Waals surface area contributed by atoms with Crippen LogP contribution in [0.25, 0.3) is 0 Å². The number of rotatable bonds is 1. The van der Waals surface area contributed by atoms with E-state index >= 15 is 0 Å². The maximum absolute atomic E-state index is 12.1. The summed E-state index contributed by atoms with van der Waals surface area (Å²) in [7, 11) is 0. The Morgan fingerprint density at radius 3 is 2.53 bits per heavy atom. The van der Waals surface area contributed by atoms with Crippen molar-refractivity contribution in [1.82, 2.24) is 9.88 Å². The number of nitrogens with zero attached hydrogens (tertiary/aromatic N) is 2. The van der Waals surface area contributed by atoms with Crippen LogP contribution in [0.1, 0.15) is 31.2 Å². The van der Waals surface area contributed by atoms with Crippen LogP contribution in [-0.2, 0) is 9.59 Å². The van der Waals surface area contributed by atoms with Crippen LogP contribution in [-0.4, -0.2) is 34.8 Å². The zero-order chi connectivity index (χ0) is 13.7. The summed E-state index contributed by atoms with van der Waals surface area (Å²) in [6.45, 7) is 3.19. The molecule has 2 amide bonds. The summed E-state index contributed by atoms with van der Waals surface area (Å²) < 4.78 is 0. The van der Waals surface area contributed by atoms with Crippen LogP contribution >= 0.6 is 0 Å². The number of aromatic nitrogens is 1. The molecule has 0 spiro atoms. The number of hydrogen-bond donors (Lipinski definition) is 1. The van der Waals surface area contributed by atoms with Gasteiger partial charge in [-0.3, -0.25) is 9.59 Å². The topological polar surface area (TPSA) is 62.3 Å². The number of anilines is 1. The predicted octanol–water partition coefficient (Wildman–Crippen LogP) is 1.73. The number of aryl methyl sites for hydroxylation is 1. The van der Waals surface area contributed by atoms with E-state index in [1.165, 1.54) is 0 Å². The summed E-state index contributed by atoms with van der Waals surface area (Å²) in [5.74, 6) is -0.591. The third-order valence-electron chi connectivity index (χ3n) is 3.33. The van der Waals surface area contributed by atoms with Crippen LogP contribution in [0.15, 0.2) is 18.3 Å². The molecule has 1 fully saturated rings. The second-order valence-corrected chi connectivity index (χ2v) is 4.83. The van der Waals surface area contributed by atoms with Crippen molar-refractivity contribution >= 4 is 17.6 Å². The molecule has 1 aromatic rings. The average Bonchev–Trinajstić information content (AvgIpc) is 2.69. The molecular weight excluding hydrogens is 242 g/mol. The van der Waals surface area contributed by atoms with Crippen LogP contribution in [0.3, 0.4) is 0 Å². The molecule has 5 nitrogen and oxygen atoms in total. The molecule has 0 aromatic carbocycles. The largest absolute Gasteiger partial charge is 0.334 e. The molecule has 0 aliphatic carbocycles. The molecule has 1 N–H and O–H groups in total. The van der Waals surface area contributed by atoms with Gasteiger partial charge in [0.15, 0.2) is 0 Å². The summed E-state index contributed by atoms with van der Waals surface area (Å²) in [5, 5.41) is 2.59. The van der Waals surface area contributed by atoms with Crippen molar-refractivity contribution in [2.45, 2.75) is 32.6 Å². The van der Waals surface area contributed by atoms with E-state index in [0.717, 1.165) is 31.2 Å². The quantitative estimate of drug-likeness (QED) is 0.783. The molecule has 1 saturated heterocycles. The van der Waals surface area contributed by atoms with Crippen LogP contribution < -0.4 is 5.32 Å². The van der Waals surface area contributed by atoms with Gasteiger partial charge in [0.2, 0.25) is 0 Å². The van der Waals surface area contributed by atoms with E-state index in [2.05, 4.69) is 10.3 Å². The van der Waals surface area contributed by atoms with E-state index in [0.29, 0.717) is 18.9 Å². The molecule has 2 heterocycles. The van der Waals surface area contributed by atoms with Gasteiger partial charge in [0.25, 0.3) is 0 Å². The average molecular weight is 261 g/mol. The van der Waals surface area contributed by atoms with Gasteiger partial charge in [0, 0.05) is 19.3 Å². The smallest absolute Gasteiger partial charge is 0.315 e. The summed E-state index contributed by atoms with van der Waals surface area (Å²) in [5.41, 5.74) is 0.847. The first-order chi connectivity index (χ1) is 9.18. The molecule has 2 rings (SSSR count). The van der Waals surface area contributed by atoms with Crippen LogP contribution in [0, 0.1) is 6.92 Å². The number of likely N-dealkylation sites (tertiary alicyclic amines) is 1. The molecule has 0 atom stereocenters. The highest BCUT2D eigenvalue weighted by Gasteiger charge is 2.23. The number of carbonyl (C=O) groups is 2. The van der Waals surface area contributed by atoms with Crippen molar-refractivity contribution in [3.8, 4) is 0 Å². The fourth-order valence-corrected chi connectivity index (χ4v) is 2.19. The summed E-state index contributed by atoms with van der Waals surface area (Å²) >= 11 is 0. The fourth-order valence-electron chi connectivity index (χ4n) is 2.19. The number of hydrogen-bond acceptors (Lipinski definition) is 3. The summed E-state index contributed by atoms with van der Waals surface area (Å²) in [6, 6.07) is 3.64. The molecule has 5 heteroatoms. The number of carbonyl (C=O) groups excluding carboxylic acids is 2. The molecule has 19 heavy (non-hydrogen) atoms. The van der Waals surface area contributed by atoms with Crippen LogP contribution in [0.5, 0.6) is 0 Å². The lowest BCUT2D eigenvalue weighted by Gasteiger charge is -2.19. The monoisotopic (exact) mass is 261 g/mol. The normalized spacial score (nSPS) is 15.7. The van der Waals surface area contributed by atoms with E-state index in [-0.39, 0.29) is 0 Å². The Balaban J connectivity index is 1.99. The second-order valence-electron chi connectivity index (χ2n) is 4.83. The Bertz CT molecular complexity index is 466. The van der Waals surface area contributed by atoms with Gasteiger partial charge in [0.1, 0.15) is 5.82 Å². The van der Waals surface area contributed by atoms with E-state index in [1.807, 2.05) is 13.0 Å². The third kappa shape index (κ3) is 3.53. The molecule has 1 aromatic heterocycles. The van der Waals surface area contributed by atoms with Gasteiger partial charge in [-0.25, -0.2) is 4.98 Å². The molecule has 1 aliphatic rings. The highest BCUT2D eigenvalue weighted by atomic mass is 16.2. The van der Waals surface area contributed by atoms with Crippen molar-refractivity contribution in [2.75, 3.05) is 18.4 Å².